The summed E-state index contributed by atoms with van der Waals surface area (Å²) in [6.45, 7) is 1.81. The summed E-state index contributed by atoms with van der Waals surface area (Å²) < 4.78 is 54.8. The van der Waals surface area contributed by atoms with Gasteiger partial charge in [-0.2, -0.15) is 13.2 Å². The smallest absolute Gasteiger partial charge is 0.365 e. The summed E-state index contributed by atoms with van der Waals surface area (Å²) in [5, 5.41) is 3.00. The maximum absolute atomic E-state index is 14.5. The zero-order chi connectivity index (χ0) is 25.3. The Bertz CT molecular complexity index is 1230. The van der Waals surface area contributed by atoms with Gasteiger partial charge in [0.1, 0.15) is 5.82 Å². The third kappa shape index (κ3) is 4.90. The van der Waals surface area contributed by atoms with Crippen LogP contribution in [-0.2, 0) is 23.8 Å². The molecule has 0 radical (unpaired) electrons. The first-order valence-electron chi connectivity index (χ1n) is 12.1. The van der Waals surface area contributed by atoms with Crippen LogP contribution >= 0.6 is 0 Å². The van der Waals surface area contributed by atoms with Gasteiger partial charge >= 0.3 is 6.18 Å². The van der Waals surface area contributed by atoms with E-state index in [-0.39, 0.29) is 24.2 Å². The molecule has 3 aromatic rings. The maximum Gasteiger partial charge on any atom is 0.416 e. The Hall–Kier alpha value is -3.55. The van der Waals surface area contributed by atoms with Crippen molar-refractivity contribution in [1.29, 1.82) is 0 Å². The highest BCUT2D eigenvalue weighted by Crippen LogP contribution is 2.40. The van der Waals surface area contributed by atoms with Gasteiger partial charge in [-0.25, -0.2) is 4.39 Å². The number of benzene rings is 3. The molecule has 0 unspecified atom stereocenters. The van der Waals surface area contributed by atoms with Crippen LogP contribution in [0.1, 0.15) is 16.7 Å². The minimum Gasteiger partial charge on any atom is -0.365 e. The lowest BCUT2D eigenvalue weighted by Gasteiger charge is -2.49. The molecule has 2 aliphatic rings. The van der Waals surface area contributed by atoms with Crippen molar-refractivity contribution < 1.29 is 22.4 Å². The summed E-state index contributed by atoms with van der Waals surface area (Å²) in [6, 6.07) is 19.8. The molecule has 0 aliphatic carbocycles. The minimum atomic E-state index is -4.46. The van der Waals surface area contributed by atoms with Crippen LogP contribution in [0.4, 0.5) is 28.9 Å². The van der Waals surface area contributed by atoms with Gasteiger partial charge in [-0.1, -0.05) is 42.5 Å². The lowest BCUT2D eigenvalue weighted by Crippen LogP contribution is -2.61. The van der Waals surface area contributed by atoms with Gasteiger partial charge in [0.2, 0.25) is 5.91 Å². The zero-order valence-corrected chi connectivity index (χ0v) is 19.6. The predicted molar refractivity (Wildman–Crippen MR) is 132 cm³/mol. The van der Waals surface area contributed by atoms with E-state index in [1.54, 1.807) is 18.2 Å². The summed E-state index contributed by atoms with van der Waals surface area (Å²) in [7, 11) is 0. The van der Waals surface area contributed by atoms with E-state index >= 15 is 0 Å². The molecule has 0 saturated carbocycles. The van der Waals surface area contributed by atoms with E-state index in [0.717, 1.165) is 17.3 Å². The molecule has 4 nitrogen and oxygen atoms in total. The number of fused-ring (bicyclic) bond motifs is 3. The predicted octanol–water partition coefficient (Wildman–Crippen LogP) is 5.07. The Morgan fingerprint density at radius 3 is 2.44 bits per heavy atom. The van der Waals surface area contributed by atoms with Gasteiger partial charge in [0.05, 0.1) is 23.2 Å². The highest BCUT2D eigenvalue weighted by atomic mass is 19.4. The Kier molecular flexibility index (Phi) is 6.60. The third-order valence-corrected chi connectivity index (χ3v) is 7.12. The molecule has 0 spiro atoms. The first-order valence-corrected chi connectivity index (χ1v) is 12.1. The Morgan fingerprint density at radius 2 is 1.69 bits per heavy atom. The maximum atomic E-state index is 14.5. The van der Waals surface area contributed by atoms with Gasteiger partial charge < -0.3 is 15.1 Å². The molecule has 188 valence electrons. The minimum absolute atomic E-state index is 0.195. The second-order valence-electron chi connectivity index (χ2n) is 9.34. The molecule has 0 aromatic heterocycles. The van der Waals surface area contributed by atoms with Gasteiger partial charge in [-0.05, 0) is 54.3 Å². The first-order chi connectivity index (χ1) is 17.3. The van der Waals surface area contributed by atoms with Crippen LogP contribution in [0, 0.1) is 11.7 Å². The van der Waals surface area contributed by atoms with Gasteiger partial charge in [-0.3, -0.25) is 4.79 Å². The van der Waals surface area contributed by atoms with Gasteiger partial charge in [0.15, 0.2) is 0 Å². The Labute approximate surface area is 207 Å². The van der Waals surface area contributed by atoms with E-state index < -0.39 is 17.7 Å². The van der Waals surface area contributed by atoms with E-state index in [9.17, 15) is 22.4 Å². The van der Waals surface area contributed by atoms with Crippen LogP contribution in [0.2, 0.25) is 0 Å². The number of hydrogen-bond donors (Lipinski definition) is 1. The van der Waals surface area contributed by atoms with Gasteiger partial charge in [0, 0.05) is 31.9 Å². The summed E-state index contributed by atoms with van der Waals surface area (Å²) in [6.07, 6.45) is -3.60. The average molecular weight is 498 g/mol. The van der Waals surface area contributed by atoms with Crippen molar-refractivity contribution in [3.63, 3.8) is 0 Å². The highest BCUT2D eigenvalue weighted by Gasteiger charge is 2.43. The molecule has 2 heterocycles. The van der Waals surface area contributed by atoms with E-state index in [4.69, 9.17) is 0 Å². The van der Waals surface area contributed by atoms with E-state index in [1.807, 2.05) is 40.1 Å². The summed E-state index contributed by atoms with van der Waals surface area (Å²) in [4.78, 5) is 17.3. The third-order valence-electron chi connectivity index (χ3n) is 7.12. The SMILES string of the molecule is O=C(NCCc1ccccc1)[C@@H]1Cc2cc(C(F)(F)F)ccc2N2CCN(c3ccccc3F)C[C@H]12. The van der Waals surface area contributed by atoms with E-state index in [1.165, 1.54) is 18.2 Å². The molecule has 36 heavy (non-hydrogen) atoms. The fraction of sp³-hybridized carbons (Fsp3) is 0.321. The standard InChI is InChI=1S/C28H27F4N3O/c29-23-8-4-5-9-25(23)34-14-15-35-24-11-10-21(28(30,31)32)16-20(24)17-22(26(35)18-34)27(36)33-13-12-19-6-2-1-3-7-19/h1-11,16,22,26H,12-15,17-18H2,(H,33,36)/t22-,26-/m1/s1. The molecule has 3 aromatic carbocycles. The van der Waals surface area contributed by atoms with Crippen LogP contribution in [0.3, 0.4) is 0 Å². The second kappa shape index (κ2) is 9.84. The highest BCUT2D eigenvalue weighted by molar-refractivity contribution is 5.82. The van der Waals surface area contributed by atoms with Crippen molar-refractivity contribution in [2.24, 2.45) is 5.92 Å². The van der Waals surface area contributed by atoms with Gasteiger partial charge in [0.25, 0.3) is 0 Å². The number of carbonyl (C=O) groups excluding carboxylic acids is 1. The zero-order valence-electron chi connectivity index (χ0n) is 19.6. The Morgan fingerprint density at radius 1 is 0.944 bits per heavy atom. The lowest BCUT2D eigenvalue weighted by molar-refractivity contribution is -0.137. The number of rotatable bonds is 5. The van der Waals surface area contributed by atoms with Gasteiger partial charge in [-0.15, -0.1) is 0 Å². The molecule has 1 saturated heterocycles. The van der Waals surface area contributed by atoms with E-state index in [2.05, 4.69) is 5.32 Å². The fourth-order valence-corrected chi connectivity index (χ4v) is 5.33. The van der Waals surface area contributed by atoms with Crippen LogP contribution in [0.15, 0.2) is 72.8 Å². The molecule has 2 atom stereocenters. The average Bonchev–Trinajstić information content (AvgIpc) is 2.88. The topological polar surface area (TPSA) is 35.6 Å². The number of carbonyl (C=O) groups is 1. The number of nitrogens with zero attached hydrogens (tertiary/aromatic N) is 2. The molecule has 8 heteroatoms. The molecule has 1 N–H and O–H groups in total. The second-order valence-corrected chi connectivity index (χ2v) is 9.34. The van der Waals surface area contributed by atoms with Crippen molar-refractivity contribution in [2.75, 3.05) is 36.0 Å². The van der Waals surface area contributed by atoms with Crippen molar-refractivity contribution in [3.05, 3.63) is 95.3 Å². The number of alkyl halides is 3. The van der Waals surface area contributed by atoms with Crippen LogP contribution in [0.5, 0.6) is 0 Å². The first kappa shape index (κ1) is 24.2. The number of halogens is 4. The fourth-order valence-electron chi connectivity index (χ4n) is 5.33. The van der Waals surface area contributed by atoms with Crippen LogP contribution < -0.4 is 15.1 Å². The van der Waals surface area contributed by atoms with Crippen LogP contribution in [0.25, 0.3) is 0 Å². The number of para-hydroxylation sites is 1. The van der Waals surface area contributed by atoms with Crippen molar-refractivity contribution in [2.45, 2.75) is 25.1 Å². The molecule has 5 rings (SSSR count). The molecule has 2 aliphatic heterocycles. The summed E-state index contributed by atoms with van der Waals surface area (Å²) in [5.74, 6) is -1.09. The molecular weight excluding hydrogens is 470 g/mol. The number of hydrogen-bond acceptors (Lipinski definition) is 3. The van der Waals surface area contributed by atoms with Crippen molar-refractivity contribution in [3.8, 4) is 0 Å². The quantitative estimate of drug-likeness (QED) is 0.500. The lowest BCUT2D eigenvalue weighted by atomic mass is 9.82. The molecule has 1 fully saturated rings. The van der Waals surface area contributed by atoms with Crippen LogP contribution in [-0.4, -0.2) is 38.1 Å². The number of nitrogens with one attached hydrogen (secondary N) is 1. The Balaban J connectivity index is 1.41. The number of piperazine rings is 1. The monoisotopic (exact) mass is 497 g/mol. The summed E-state index contributed by atoms with van der Waals surface area (Å²) in [5.41, 5.74) is 2.08. The molecule has 0 bridgehead atoms. The van der Waals surface area contributed by atoms with Crippen molar-refractivity contribution >= 4 is 17.3 Å². The van der Waals surface area contributed by atoms with E-state index in [0.29, 0.717) is 43.9 Å². The number of amides is 1. The molecule has 1 amide bonds. The molecular formula is C28H27F4N3O. The normalized spacial score (nSPS) is 19.4. The number of anilines is 2. The summed E-state index contributed by atoms with van der Waals surface area (Å²) >= 11 is 0. The largest absolute Gasteiger partial charge is 0.416 e. The van der Waals surface area contributed by atoms with Crippen molar-refractivity contribution in [1.82, 2.24) is 5.32 Å².